The van der Waals surface area contributed by atoms with E-state index in [1.807, 2.05) is 19.9 Å². The third-order valence-electron chi connectivity index (χ3n) is 6.22. The van der Waals surface area contributed by atoms with Crippen LogP contribution >= 0.6 is 11.3 Å². The lowest BCUT2D eigenvalue weighted by atomic mass is 10.1. The maximum absolute atomic E-state index is 13.7. The standard InChI is InChI=1S/C27H31N3O4S2/c1-5-15-29(16-6-2)36(32,33)23-13-11-21(12-14-23)26(31)30(18-22-8-7-17-34-22)27-28-24-19(3)9-10-20(4)25(24)35-27/h5-6,9-14,22H,1-2,7-8,15-18H2,3-4H3. The molecule has 0 spiro atoms. The van der Waals surface area contributed by atoms with E-state index in [-0.39, 0.29) is 30.0 Å². The summed E-state index contributed by atoms with van der Waals surface area (Å²) in [4.78, 5) is 20.3. The molecule has 3 aromatic rings. The van der Waals surface area contributed by atoms with Crippen molar-refractivity contribution in [2.45, 2.75) is 37.7 Å². The Balaban J connectivity index is 1.67. The quantitative estimate of drug-likeness (QED) is 0.344. The smallest absolute Gasteiger partial charge is 0.260 e. The van der Waals surface area contributed by atoms with E-state index in [1.54, 1.807) is 17.0 Å². The molecule has 0 saturated carbocycles. The third-order valence-corrected chi connectivity index (χ3v) is 9.28. The van der Waals surface area contributed by atoms with E-state index >= 15 is 0 Å². The van der Waals surface area contributed by atoms with Crippen molar-refractivity contribution in [3.05, 3.63) is 78.4 Å². The molecule has 0 radical (unpaired) electrons. The van der Waals surface area contributed by atoms with Gasteiger partial charge in [0.05, 0.1) is 27.8 Å². The van der Waals surface area contributed by atoms with E-state index < -0.39 is 10.0 Å². The molecule has 1 saturated heterocycles. The summed E-state index contributed by atoms with van der Waals surface area (Å²) >= 11 is 1.49. The molecular formula is C27H31N3O4S2. The van der Waals surface area contributed by atoms with Crippen LogP contribution in [0.25, 0.3) is 10.2 Å². The summed E-state index contributed by atoms with van der Waals surface area (Å²) < 4.78 is 34.3. The molecule has 1 aliphatic heterocycles. The first-order valence-corrected chi connectivity index (χ1v) is 14.1. The molecule has 4 rings (SSSR count). The molecule has 2 heterocycles. The van der Waals surface area contributed by atoms with Gasteiger partial charge in [0, 0.05) is 25.3 Å². The molecule has 1 unspecified atom stereocenters. The highest BCUT2D eigenvalue weighted by Crippen LogP contribution is 2.34. The minimum absolute atomic E-state index is 0.0610. The fourth-order valence-electron chi connectivity index (χ4n) is 4.24. The maximum atomic E-state index is 13.7. The zero-order valence-electron chi connectivity index (χ0n) is 20.6. The van der Waals surface area contributed by atoms with E-state index in [2.05, 4.69) is 19.2 Å². The number of carbonyl (C=O) groups excluding carboxylic acids is 1. The van der Waals surface area contributed by atoms with Gasteiger partial charge in [0.25, 0.3) is 5.91 Å². The summed E-state index contributed by atoms with van der Waals surface area (Å²) in [5.41, 5.74) is 3.45. The molecule has 1 atom stereocenters. The first-order valence-electron chi connectivity index (χ1n) is 11.9. The Morgan fingerprint density at radius 3 is 2.36 bits per heavy atom. The first-order chi connectivity index (χ1) is 17.3. The summed E-state index contributed by atoms with van der Waals surface area (Å²) in [6.07, 6.45) is 4.84. The molecule has 0 aliphatic carbocycles. The first kappa shape index (κ1) is 26.2. The highest BCUT2D eigenvalue weighted by atomic mass is 32.2. The van der Waals surface area contributed by atoms with Crippen molar-refractivity contribution in [3.63, 3.8) is 0 Å². The van der Waals surface area contributed by atoms with Crippen molar-refractivity contribution in [1.82, 2.24) is 9.29 Å². The topological polar surface area (TPSA) is 79.8 Å². The van der Waals surface area contributed by atoms with Crippen molar-refractivity contribution in [2.24, 2.45) is 0 Å². The van der Waals surface area contributed by atoms with Gasteiger partial charge in [-0.15, -0.1) is 13.2 Å². The van der Waals surface area contributed by atoms with Gasteiger partial charge in [-0.05, 0) is 62.1 Å². The number of benzene rings is 2. The molecule has 7 nitrogen and oxygen atoms in total. The third kappa shape index (κ3) is 5.29. The number of aromatic nitrogens is 1. The second-order valence-corrected chi connectivity index (χ2v) is 11.8. The Morgan fingerprint density at radius 2 is 1.78 bits per heavy atom. The zero-order chi connectivity index (χ0) is 25.9. The van der Waals surface area contributed by atoms with Crippen LogP contribution in [0.15, 0.2) is 66.6 Å². The van der Waals surface area contributed by atoms with Gasteiger partial charge in [-0.3, -0.25) is 9.69 Å². The number of ether oxygens (including phenoxy) is 1. The Bertz CT molecular complexity index is 1330. The summed E-state index contributed by atoms with van der Waals surface area (Å²) in [6.45, 7) is 12.7. The largest absolute Gasteiger partial charge is 0.376 e. The predicted molar refractivity (Wildman–Crippen MR) is 145 cm³/mol. The van der Waals surface area contributed by atoms with E-state index in [0.29, 0.717) is 23.8 Å². The Kier molecular flexibility index (Phi) is 8.04. The van der Waals surface area contributed by atoms with Crippen LogP contribution in [0.4, 0.5) is 5.13 Å². The molecule has 1 amide bonds. The fourth-order valence-corrected chi connectivity index (χ4v) is 6.74. The van der Waals surface area contributed by atoms with Crippen LogP contribution in [0.1, 0.15) is 34.3 Å². The van der Waals surface area contributed by atoms with E-state index in [9.17, 15) is 13.2 Å². The Hall–Kier alpha value is -2.85. The maximum Gasteiger partial charge on any atom is 0.260 e. The van der Waals surface area contributed by atoms with Gasteiger partial charge in [-0.25, -0.2) is 13.4 Å². The molecule has 0 N–H and O–H groups in total. The SMILES string of the molecule is C=CCN(CC=C)S(=O)(=O)c1ccc(C(=O)N(CC2CCCO2)c2nc3c(C)ccc(C)c3s2)cc1. The van der Waals surface area contributed by atoms with Crippen LogP contribution < -0.4 is 4.90 Å². The Morgan fingerprint density at radius 1 is 1.11 bits per heavy atom. The lowest BCUT2D eigenvalue weighted by Crippen LogP contribution is -2.37. The number of hydrogen-bond donors (Lipinski definition) is 0. The van der Waals surface area contributed by atoms with Gasteiger partial charge >= 0.3 is 0 Å². The summed E-state index contributed by atoms with van der Waals surface area (Å²) in [6, 6.07) is 10.2. The number of rotatable bonds is 10. The second kappa shape index (κ2) is 11.0. The van der Waals surface area contributed by atoms with Crippen molar-refractivity contribution < 1.29 is 17.9 Å². The van der Waals surface area contributed by atoms with Crippen molar-refractivity contribution in [2.75, 3.05) is 31.1 Å². The number of anilines is 1. The average molecular weight is 526 g/mol. The van der Waals surface area contributed by atoms with Crippen LogP contribution in [0.3, 0.4) is 0 Å². The van der Waals surface area contributed by atoms with E-state index in [1.165, 1.54) is 39.9 Å². The number of hydrogen-bond acceptors (Lipinski definition) is 6. The number of nitrogens with zero attached hydrogens (tertiary/aromatic N) is 3. The van der Waals surface area contributed by atoms with E-state index in [0.717, 1.165) is 34.2 Å². The zero-order valence-corrected chi connectivity index (χ0v) is 22.3. The second-order valence-electron chi connectivity index (χ2n) is 8.85. The van der Waals surface area contributed by atoms with Crippen molar-refractivity contribution in [1.29, 1.82) is 0 Å². The number of carbonyl (C=O) groups is 1. The molecule has 9 heteroatoms. The molecule has 36 heavy (non-hydrogen) atoms. The number of thiazole rings is 1. The van der Waals surface area contributed by atoms with Crippen LogP contribution in [0.2, 0.25) is 0 Å². The Labute approximate surface area is 216 Å². The fraction of sp³-hybridized carbons (Fsp3) is 0.333. The number of sulfonamides is 1. The van der Waals surface area contributed by atoms with Gasteiger partial charge in [-0.2, -0.15) is 4.31 Å². The molecule has 1 fully saturated rings. The van der Waals surface area contributed by atoms with E-state index in [4.69, 9.17) is 9.72 Å². The minimum atomic E-state index is -3.75. The average Bonchev–Trinajstić information content (AvgIpc) is 3.55. The molecule has 2 aromatic carbocycles. The van der Waals surface area contributed by atoms with Gasteiger partial charge in [0.2, 0.25) is 10.0 Å². The lowest BCUT2D eigenvalue weighted by Gasteiger charge is -2.23. The predicted octanol–water partition coefficient (Wildman–Crippen LogP) is 5.10. The minimum Gasteiger partial charge on any atom is -0.376 e. The molecule has 0 bridgehead atoms. The molecule has 1 aromatic heterocycles. The number of fused-ring (bicyclic) bond motifs is 1. The van der Waals surface area contributed by atoms with Crippen molar-refractivity contribution in [3.8, 4) is 0 Å². The monoisotopic (exact) mass is 525 g/mol. The number of aryl methyl sites for hydroxylation is 2. The van der Waals surface area contributed by atoms with Crippen LogP contribution in [0, 0.1) is 13.8 Å². The van der Waals surface area contributed by atoms with Gasteiger partial charge in [-0.1, -0.05) is 35.6 Å². The van der Waals surface area contributed by atoms with Gasteiger partial charge in [0.1, 0.15) is 0 Å². The molecule has 190 valence electrons. The highest BCUT2D eigenvalue weighted by Gasteiger charge is 2.28. The number of amides is 1. The highest BCUT2D eigenvalue weighted by molar-refractivity contribution is 7.89. The summed E-state index contributed by atoms with van der Waals surface area (Å²) in [5.74, 6) is -0.238. The summed E-state index contributed by atoms with van der Waals surface area (Å²) in [5, 5.41) is 0.614. The molecule has 1 aliphatic rings. The van der Waals surface area contributed by atoms with Crippen LogP contribution in [-0.4, -0.2) is 56.0 Å². The van der Waals surface area contributed by atoms with Crippen molar-refractivity contribution >= 4 is 42.6 Å². The molecular weight excluding hydrogens is 494 g/mol. The normalized spacial score (nSPS) is 15.9. The van der Waals surface area contributed by atoms with Gasteiger partial charge < -0.3 is 4.74 Å². The van der Waals surface area contributed by atoms with Crippen LogP contribution in [-0.2, 0) is 14.8 Å². The lowest BCUT2D eigenvalue weighted by molar-refractivity contribution is 0.0917. The van der Waals surface area contributed by atoms with Gasteiger partial charge in [0.15, 0.2) is 5.13 Å². The van der Waals surface area contributed by atoms with Crippen LogP contribution in [0.5, 0.6) is 0 Å². The summed E-state index contributed by atoms with van der Waals surface area (Å²) in [7, 11) is -3.75.